The van der Waals surface area contributed by atoms with E-state index >= 15 is 0 Å². The van der Waals surface area contributed by atoms with Crippen molar-refractivity contribution < 1.29 is 0 Å². The Morgan fingerprint density at radius 3 is 3.07 bits per heavy atom. The lowest BCUT2D eigenvalue weighted by atomic mass is 10.3. The molecule has 5 heteroatoms. The molecule has 0 N–H and O–H groups in total. The molecule has 1 aromatic heterocycles. The fourth-order valence-electron chi connectivity index (χ4n) is 1.28. The van der Waals surface area contributed by atoms with Gasteiger partial charge in [-0.05, 0) is 17.7 Å². The number of halogens is 1. The molecule has 0 atom stereocenters. The average Bonchev–Trinajstić information content (AvgIpc) is 2.65. The maximum Gasteiger partial charge on any atom is 0.166 e. The van der Waals surface area contributed by atoms with Crippen molar-refractivity contribution in [2.45, 2.75) is 5.88 Å². The minimum absolute atomic E-state index is 0.497. The molecule has 0 radical (unpaired) electrons. The molecule has 2 rings (SSSR count). The molecule has 1 aromatic rings. The van der Waals surface area contributed by atoms with Crippen molar-refractivity contribution in [1.82, 2.24) is 9.99 Å². The molecule has 0 bridgehead atoms. The van der Waals surface area contributed by atoms with Crippen LogP contribution in [0.2, 0.25) is 0 Å². The monoisotopic (exact) mass is 210 g/mol. The minimum atomic E-state index is 0.497. The fourth-order valence-corrected chi connectivity index (χ4v) is 1.45. The van der Waals surface area contributed by atoms with Crippen molar-refractivity contribution >= 4 is 23.6 Å². The predicted octanol–water partition coefficient (Wildman–Crippen LogP) is 1.47. The molecule has 2 heterocycles. The number of anilines is 1. The number of hydrazone groups is 1. The van der Waals surface area contributed by atoms with E-state index in [9.17, 15) is 0 Å². The van der Waals surface area contributed by atoms with Gasteiger partial charge >= 0.3 is 0 Å². The summed E-state index contributed by atoms with van der Waals surface area (Å²) in [5.74, 6) is 1.30. The second-order valence-corrected chi connectivity index (χ2v) is 3.35. The van der Waals surface area contributed by atoms with Crippen LogP contribution < -0.4 is 5.12 Å². The summed E-state index contributed by atoms with van der Waals surface area (Å²) in [6.45, 7) is 0.812. The van der Waals surface area contributed by atoms with Gasteiger partial charge in [0.05, 0.1) is 6.54 Å². The highest BCUT2D eigenvalue weighted by atomic mass is 35.5. The van der Waals surface area contributed by atoms with Crippen LogP contribution in [0.5, 0.6) is 0 Å². The van der Waals surface area contributed by atoms with Crippen LogP contribution in [-0.4, -0.2) is 29.8 Å². The Morgan fingerprint density at radius 2 is 2.43 bits per heavy atom. The van der Waals surface area contributed by atoms with E-state index in [1.807, 2.05) is 30.4 Å². The third kappa shape index (κ3) is 1.71. The molecular formula is C9H11ClN4. The molecule has 0 unspecified atom stereocenters. The maximum absolute atomic E-state index is 5.74. The summed E-state index contributed by atoms with van der Waals surface area (Å²) >= 11 is 5.74. The zero-order valence-electron chi connectivity index (χ0n) is 7.89. The molecule has 0 aromatic carbocycles. The Kier molecular flexibility index (Phi) is 2.65. The molecule has 0 aliphatic carbocycles. The van der Waals surface area contributed by atoms with Crippen molar-refractivity contribution in [3.8, 4) is 0 Å². The first-order valence-corrected chi connectivity index (χ1v) is 4.89. The number of hydrazine groups is 1. The molecule has 1 aliphatic heterocycles. The number of hydrogen-bond donors (Lipinski definition) is 0. The maximum atomic E-state index is 5.74. The highest BCUT2D eigenvalue weighted by Gasteiger charge is 2.15. The molecule has 0 amide bonds. The summed E-state index contributed by atoms with van der Waals surface area (Å²) in [7, 11) is 1.96. The van der Waals surface area contributed by atoms with E-state index in [1.54, 1.807) is 11.3 Å². The number of alkyl halides is 1. The first-order valence-electron chi connectivity index (χ1n) is 4.36. The van der Waals surface area contributed by atoms with Crippen LogP contribution in [0.4, 0.5) is 5.82 Å². The van der Waals surface area contributed by atoms with Gasteiger partial charge in [-0.2, -0.15) is 15.2 Å². The number of pyridine rings is 1. The van der Waals surface area contributed by atoms with Gasteiger partial charge in [-0.1, -0.05) is 0 Å². The van der Waals surface area contributed by atoms with E-state index in [2.05, 4.69) is 10.1 Å². The van der Waals surface area contributed by atoms with E-state index in [4.69, 9.17) is 11.6 Å². The molecule has 74 valence electrons. The second kappa shape index (κ2) is 3.94. The first-order chi connectivity index (χ1) is 6.81. The van der Waals surface area contributed by atoms with Crippen molar-refractivity contribution in [3.63, 3.8) is 0 Å². The molecule has 0 spiro atoms. The second-order valence-electron chi connectivity index (χ2n) is 3.08. The van der Waals surface area contributed by atoms with Gasteiger partial charge in [0.25, 0.3) is 0 Å². The van der Waals surface area contributed by atoms with Gasteiger partial charge in [0.2, 0.25) is 0 Å². The Labute approximate surface area is 87.8 Å². The zero-order valence-corrected chi connectivity index (χ0v) is 8.65. The van der Waals surface area contributed by atoms with Crippen LogP contribution in [0.15, 0.2) is 23.4 Å². The highest BCUT2D eigenvalue weighted by Crippen LogP contribution is 2.17. The van der Waals surface area contributed by atoms with E-state index in [0.29, 0.717) is 5.88 Å². The van der Waals surface area contributed by atoms with Crippen LogP contribution >= 0.6 is 11.6 Å². The van der Waals surface area contributed by atoms with E-state index in [-0.39, 0.29) is 0 Å². The third-order valence-corrected chi connectivity index (χ3v) is 2.34. The first kappa shape index (κ1) is 9.43. The molecule has 0 saturated heterocycles. The summed E-state index contributed by atoms with van der Waals surface area (Å²) in [6, 6.07) is 3.84. The Hall–Kier alpha value is -1.13. The smallest absolute Gasteiger partial charge is 0.166 e. The lowest BCUT2D eigenvalue weighted by Gasteiger charge is -2.21. The van der Waals surface area contributed by atoms with Crippen LogP contribution in [0.3, 0.4) is 0 Å². The molecule has 0 saturated carbocycles. The summed E-state index contributed by atoms with van der Waals surface area (Å²) in [5, 5.41) is 7.92. The summed E-state index contributed by atoms with van der Waals surface area (Å²) < 4.78 is 0. The highest BCUT2D eigenvalue weighted by molar-refractivity contribution is 6.17. The lowest BCUT2D eigenvalue weighted by Crippen LogP contribution is -2.31. The Bertz CT molecular complexity index is 352. The zero-order chi connectivity index (χ0) is 9.97. The van der Waals surface area contributed by atoms with Crippen LogP contribution in [0, 0.1) is 0 Å². The Morgan fingerprint density at radius 1 is 1.57 bits per heavy atom. The van der Waals surface area contributed by atoms with Gasteiger partial charge in [-0.3, -0.25) is 0 Å². The van der Waals surface area contributed by atoms with Crippen LogP contribution in [-0.2, 0) is 5.88 Å². The number of rotatable bonds is 2. The quantitative estimate of drug-likeness (QED) is 0.693. The van der Waals surface area contributed by atoms with E-state index in [1.165, 1.54) is 0 Å². The van der Waals surface area contributed by atoms with Gasteiger partial charge in [0.1, 0.15) is 0 Å². The van der Waals surface area contributed by atoms with Crippen LogP contribution in [0.1, 0.15) is 5.56 Å². The summed E-state index contributed by atoms with van der Waals surface area (Å²) in [4.78, 5) is 4.23. The minimum Gasteiger partial charge on any atom is -0.236 e. The summed E-state index contributed by atoms with van der Waals surface area (Å²) in [6.07, 6.45) is 3.59. The number of hydrogen-bond acceptors (Lipinski definition) is 4. The third-order valence-electron chi connectivity index (χ3n) is 2.03. The largest absolute Gasteiger partial charge is 0.236 e. The topological polar surface area (TPSA) is 31.7 Å². The molecule has 0 fully saturated rings. The van der Waals surface area contributed by atoms with Gasteiger partial charge in [0, 0.05) is 25.3 Å². The van der Waals surface area contributed by atoms with Gasteiger partial charge in [-0.15, -0.1) is 11.6 Å². The SMILES string of the molecule is CN1CC=NN1c1cc(CCl)ccn1. The van der Waals surface area contributed by atoms with E-state index < -0.39 is 0 Å². The van der Waals surface area contributed by atoms with Gasteiger partial charge < -0.3 is 0 Å². The molecule has 14 heavy (non-hydrogen) atoms. The normalized spacial score (nSPS) is 16.6. The molecular weight excluding hydrogens is 200 g/mol. The summed E-state index contributed by atoms with van der Waals surface area (Å²) in [5.41, 5.74) is 1.05. The molecule has 4 nitrogen and oxygen atoms in total. The van der Waals surface area contributed by atoms with Crippen molar-refractivity contribution in [1.29, 1.82) is 0 Å². The number of aromatic nitrogens is 1. The van der Waals surface area contributed by atoms with E-state index in [0.717, 1.165) is 17.9 Å². The van der Waals surface area contributed by atoms with Gasteiger partial charge in [0.15, 0.2) is 5.82 Å². The van der Waals surface area contributed by atoms with Crippen LogP contribution in [0.25, 0.3) is 0 Å². The number of nitrogens with zero attached hydrogens (tertiary/aromatic N) is 4. The van der Waals surface area contributed by atoms with Gasteiger partial charge in [-0.25, -0.2) is 4.98 Å². The Balaban J connectivity index is 2.27. The lowest BCUT2D eigenvalue weighted by molar-refractivity contribution is 0.374. The fraction of sp³-hybridized carbons (Fsp3) is 0.333. The van der Waals surface area contributed by atoms with Crippen molar-refractivity contribution in [3.05, 3.63) is 23.9 Å². The van der Waals surface area contributed by atoms with Crippen molar-refractivity contribution in [2.24, 2.45) is 5.10 Å². The average molecular weight is 211 g/mol. The predicted molar refractivity (Wildman–Crippen MR) is 57.4 cm³/mol. The standard InChI is InChI=1S/C9H11ClN4/c1-13-5-4-12-14(13)9-6-8(7-10)2-3-11-9/h2-4,6H,5,7H2,1H3. The van der Waals surface area contributed by atoms with Crippen molar-refractivity contribution in [2.75, 3.05) is 18.7 Å². The molecule has 1 aliphatic rings.